The zero-order valence-corrected chi connectivity index (χ0v) is 26.8. The molecule has 1 unspecified atom stereocenters. The topological polar surface area (TPSA) is 113 Å². The van der Waals surface area contributed by atoms with Crippen molar-refractivity contribution in [2.24, 2.45) is 0 Å². The number of fused-ring (bicyclic) bond motifs is 7. The van der Waals surface area contributed by atoms with Gasteiger partial charge >= 0.3 is 6.01 Å². The van der Waals surface area contributed by atoms with E-state index in [2.05, 4.69) is 28.1 Å². The molecule has 4 aromatic rings. The first-order chi connectivity index (χ1) is 22.3. The predicted octanol–water partition coefficient (Wildman–Crippen LogP) is 5.99. The standard InChI is InChI=1S/C33H32ClF2N7O2S/c1-15(33-8-2-10-42(33)11-3-9-33)45-32-40-27-24-28(44-14-21-20-7-4-16(39-20)13-43(21)31(24)41-32)25(34)23(26(27)36)17-5-6-19(35)29-22(17)18(12-37)30(38)46-29/h5-6,15-16,20-21,39H,2-4,7-11,13-14,38H2,1H3/t15?,16-,20+,21-/m1/s1. The molecule has 5 aliphatic heterocycles. The zero-order chi connectivity index (χ0) is 31.5. The van der Waals surface area contributed by atoms with Gasteiger partial charge in [-0.3, -0.25) is 4.90 Å². The van der Waals surface area contributed by atoms with Gasteiger partial charge in [0.05, 0.1) is 32.3 Å². The Labute approximate surface area is 273 Å². The summed E-state index contributed by atoms with van der Waals surface area (Å²) in [6, 6.07) is 5.26. The predicted molar refractivity (Wildman–Crippen MR) is 174 cm³/mol. The minimum atomic E-state index is -0.715. The van der Waals surface area contributed by atoms with Crippen molar-refractivity contribution in [3.05, 3.63) is 34.4 Å². The Morgan fingerprint density at radius 1 is 1.22 bits per heavy atom. The van der Waals surface area contributed by atoms with E-state index in [1.165, 1.54) is 12.1 Å². The number of nitrogens with one attached hydrogen (secondary N) is 1. The fourth-order valence-corrected chi connectivity index (χ4v) is 10.2. The first-order valence-electron chi connectivity index (χ1n) is 16.0. The van der Waals surface area contributed by atoms with Crippen LogP contribution in [0.3, 0.4) is 0 Å². The highest BCUT2D eigenvalue weighted by Gasteiger charge is 2.50. The number of aromatic nitrogens is 2. The Hall–Kier alpha value is -3.50. The molecule has 0 radical (unpaired) electrons. The smallest absolute Gasteiger partial charge is 0.319 e. The third kappa shape index (κ3) is 3.89. The van der Waals surface area contributed by atoms with Gasteiger partial charge in [-0.25, -0.2) is 8.78 Å². The van der Waals surface area contributed by atoms with E-state index in [1.807, 2.05) is 0 Å². The maximum atomic E-state index is 17.2. The summed E-state index contributed by atoms with van der Waals surface area (Å²) in [6.07, 6.45) is 6.13. The van der Waals surface area contributed by atoms with E-state index in [0.29, 0.717) is 24.4 Å². The molecule has 7 heterocycles. The summed E-state index contributed by atoms with van der Waals surface area (Å²) >= 11 is 8.05. The molecule has 2 aromatic carbocycles. The SMILES string of the molecule is CC(Oc1nc2c3c(c(Cl)c(-c4ccc(F)c5sc(N)c(C#N)c45)c(F)c3n1)OC[C@@H]1[C@@H]3CC[C@H](CN21)N3)C12CCCN1CCC2. The molecule has 4 fully saturated rings. The Bertz CT molecular complexity index is 1990. The summed E-state index contributed by atoms with van der Waals surface area (Å²) in [7, 11) is 0. The second kappa shape index (κ2) is 10.2. The molecule has 238 valence electrons. The summed E-state index contributed by atoms with van der Waals surface area (Å²) < 4.78 is 45.5. The Kier molecular flexibility index (Phi) is 6.39. The van der Waals surface area contributed by atoms with Crippen LogP contribution < -0.4 is 25.4 Å². The van der Waals surface area contributed by atoms with Crippen molar-refractivity contribution in [1.82, 2.24) is 20.2 Å². The third-order valence-corrected chi connectivity index (χ3v) is 12.5. The van der Waals surface area contributed by atoms with Crippen LogP contribution in [-0.4, -0.2) is 70.9 Å². The van der Waals surface area contributed by atoms with Crippen molar-refractivity contribution in [3.8, 4) is 29.0 Å². The molecule has 2 aromatic heterocycles. The Balaban J connectivity index is 1.28. The first kappa shape index (κ1) is 28.7. The molecular formula is C33H32ClF2N7O2S. The largest absolute Gasteiger partial charge is 0.489 e. The fraction of sp³-hybridized carbons (Fsp3) is 0.485. The summed E-state index contributed by atoms with van der Waals surface area (Å²) in [5.74, 6) is -0.453. The van der Waals surface area contributed by atoms with Gasteiger partial charge in [-0.05, 0) is 70.2 Å². The molecule has 0 aliphatic carbocycles. The molecule has 13 heteroatoms. The number of hydrogen-bond donors (Lipinski definition) is 2. The van der Waals surface area contributed by atoms with Crippen molar-refractivity contribution in [2.75, 3.05) is 36.9 Å². The molecule has 0 saturated carbocycles. The van der Waals surface area contributed by atoms with Crippen molar-refractivity contribution in [1.29, 1.82) is 5.26 Å². The highest BCUT2D eigenvalue weighted by molar-refractivity contribution is 7.23. The van der Waals surface area contributed by atoms with Gasteiger partial charge < -0.3 is 25.4 Å². The van der Waals surface area contributed by atoms with E-state index in [1.54, 1.807) is 0 Å². The number of rotatable bonds is 4. The molecule has 3 N–H and O–H groups in total. The van der Waals surface area contributed by atoms with Gasteiger partial charge in [0.15, 0.2) is 11.6 Å². The van der Waals surface area contributed by atoms with Crippen molar-refractivity contribution < 1.29 is 18.3 Å². The summed E-state index contributed by atoms with van der Waals surface area (Å²) in [6.45, 7) is 5.15. The summed E-state index contributed by atoms with van der Waals surface area (Å²) in [5, 5.41) is 14.4. The van der Waals surface area contributed by atoms with Gasteiger partial charge in [-0.1, -0.05) is 17.7 Å². The fourth-order valence-electron chi connectivity index (χ4n) is 8.96. The van der Waals surface area contributed by atoms with Crippen molar-refractivity contribution in [2.45, 2.75) is 75.2 Å². The van der Waals surface area contributed by atoms with Crippen molar-refractivity contribution >= 4 is 54.7 Å². The number of nitrogen functional groups attached to an aromatic ring is 1. The number of nitrogens with two attached hydrogens (primary N) is 1. The van der Waals surface area contributed by atoms with Crippen LogP contribution in [0.1, 0.15) is 51.0 Å². The van der Waals surface area contributed by atoms with Crippen LogP contribution in [0, 0.1) is 23.0 Å². The summed E-state index contributed by atoms with van der Waals surface area (Å²) in [5.41, 5.74) is 6.35. The minimum absolute atomic E-state index is 0.0134. The van der Waals surface area contributed by atoms with Crippen LogP contribution in [0.5, 0.6) is 11.8 Å². The lowest BCUT2D eigenvalue weighted by atomic mass is 9.88. The number of ether oxygens (including phenoxy) is 2. The van der Waals surface area contributed by atoms with Gasteiger partial charge in [0.2, 0.25) is 0 Å². The number of thiophene rings is 1. The second-order valence-corrected chi connectivity index (χ2v) is 14.7. The lowest BCUT2D eigenvalue weighted by molar-refractivity contribution is 0.0407. The third-order valence-electron chi connectivity index (χ3n) is 11.1. The normalized spacial score (nSPS) is 25.3. The minimum Gasteiger partial charge on any atom is -0.489 e. The molecule has 46 heavy (non-hydrogen) atoms. The Morgan fingerprint density at radius 2 is 2.02 bits per heavy atom. The number of nitriles is 1. The molecule has 0 amide bonds. The highest BCUT2D eigenvalue weighted by Crippen LogP contribution is 2.52. The molecule has 5 aliphatic rings. The lowest BCUT2D eigenvalue weighted by Gasteiger charge is -2.40. The van der Waals surface area contributed by atoms with Gasteiger partial charge in [-0.2, -0.15) is 15.2 Å². The lowest BCUT2D eigenvalue weighted by Crippen LogP contribution is -2.60. The van der Waals surface area contributed by atoms with Crippen LogP contribution in [-0.2, 0) is 0 Å². The first-order valence-corrected chi connectivity index (χ1v) is 17.2. The van der Waals surface area contributed by atoms with E-state index in [0.717, 1.165) is 63.0 Å². The van der Waals surface area contributed by atoms with Gasteiger partial charge in [0, 0.05) is 29.6 Å². The molecule has 9 rings (SSSR count). The number of halogens is 3. The average molecular weight is 664 g/mol. The number of nitrogens with zero attached hydrogens (tertiary/aromatic N) is 5. The van der Waals surface area contributed by atoms with Gasteiger partial charge in [0.25, 0.3) is 0 Å². The monoisotopic (exact) mass is 663 g/mol. The van der Waals surface area contributed by atoms with Crippen LogP contribution in [0.4, 0.5) is 19.6 Å². The quantitative estimate of drug-likeness (QED) is 0.272. The van der Waals surface area contributed by atoms with E-state index in [4.69, 9.17) is 36.8 Å². The van der Waals surface area contributed by atoms with Gasteiger partial charge in [-0.15, -0.1) is 11.3 Å². The van der Waals surface area contributed by atoms with E-state index >= 15 is 8.78 Å². The zero-order valence-electron chi connectivity index (χ0n) is 25.2. The maximum Gasteiger partial charge on any atom is 0.319 e. The number of hydrogen-bond acceptors (Lipinski definition) is 10. The molecule has 2 bridgehead atoms. The van der Waals surface area contributed by atoms with E-state index in [9.17, 15) is 5.26 Å². The average Bonchev–Trinajstić information content (AvgIpc) is 3.79. The molecule has 4 saturated heterocycles. The van der Waals surface area contributed by atoms with Crippen LogP contribution in [0.15, 0.2) is 12.1 Å². The summed E-state index contributed by atoms with van der Waals surface area (Å²) in [4.78, 5) is 14.5. The van der Waals surface area contributed by atoms with E-state index < -0.39 is 11.6 Å². The molecule has 4 atom stereocenters. The van der Waals surface area contributed by atoms with E-state index in [-0.39, 0.29) is 83.8 Å². The molecular weight excluding hydrogens is 632 g/mol. The van der Waals surface area contributed by atoms with Crippen LogP contribution >= 0.6 is 22.9 Å². The highest BCUT2D eigenvalue weighted by atomic mass is 35.5. The number of piperazine rings is 1. The molecule has 0 spiro atoms. The number of anilines is 2. The van der Waals surface area contributed by atoms with Crippen LogP contribution in [0.2, 0.25) is 5.02 Å². The maximum absolute atomic E-state index is 17.2. The molecule has 9 nitrogen and oxygen atoms in total. The van der Waals surface area contributed by atoms with Crippen LogP contribution in [0.25, 0.3) is 32.1 Å². The number of benzene rings is 2. The van der Waals surface area contributed by atoms with Gasteiger partial charge in [0.1, 0.15) is 40.9 Å². The Morgan fingerprint density at radius 3 is 2.80 bits per heavy atom. The van der Waals surface area contributed by atoms with Crippen molar-refractivity contribution in [3.63, 3.8) is 0 Å². The second-order valence-electron chi connectivity index (χ2n) is 13.3.